The zero-order valence-electron chi connectivity index (χ0n) is 11.4. The normalized spacial score (nSPS) is 10.6. The van der Waals surface area contributed by atoms with E-state index < -0.39 is 0 Å². The summed E-state index contributed by atoms with van der Waals surface area (Å²) < 4.78 is 0. The Kier molecular flexibility index (Phi) is 5.53. The third kappa shape index (κ3) is 4.69. The van der Waals surface area contributed by atoms with Gasteiger partial charge in [-0.2, -0.15) is 5.10 Å². The first kappa shape index (κ1) is 14.0. The standard InChI is InChI=1S/C17H18N2O/c20-13-7-12-18-19(14-16-8-3-1-4-9-16)15-17-10-5-2-6-11-17/h1-6,8-13H,7,14-15H2/b18-12+. The molecule has 0 N–H and O–H groups in total. The summed E-state index contributed by atoms with van der Waals surface area (Å²) >= 11 is 0. The van der Waals surface area contributed by atoms with Crippen molar-refractivity contribution in [3.8, 4) is 0 Å². The molecule has 0 radical (unpaired) electrons. The summed E-state index contributed by atoms with van der Waals surface area (Å²) in [6, 6.07) is 20.4. The number of nitrogens with zero attached hydrogens (tertiary/aromatic N) is 2. The second-order valence-electron chi connectivity index (χ2n) is 4.49. The van der Waals surface area contributed by atoms with E-state index in [4.69, 9.17) is 0 Å². The molecule has 3 nitrogen and oxygen atoms in total. The lowest BCUT2D eigenvalue weighted by Gasteiger charge is -2.19. The highest BCUT2D eigenvalue weighted by molar-refractivity contribution is 5.75. The van der Waals surface area contributed by atoms with E-state index in [-0.39, 0.29) is 0 Å². The number of benzene rings is 2. The highest BCUT2D eigenvalue weighted by Gasteiger charge is 2.03. The van der Waals surface area contributed by atoms with Gasteiger partial charge in [0.05, 0.1) is 13.1 Å². The Morgan fingerprint density at radius 2 is 1.35 bits per heavy atom. The van der Waals surface area contributed by atoms with E-state index in [1.54, 1.807) is 6.21 Å². The van der Waals surface area contributed by atoms with Gasteiger partial charge in [-0.15, -0.1) is 0 Å². The first-order chi connectivity index (χ1) is 9.88. The summed E-state index contributed by atoms with van der Waals surface area (Å²) in [4.78, 5) is 10.4. The van der Waals surface area contributed by atoms with Gasteiger partial charge in [-0.3, -0.25) is 5.01 Å². The molecule has 0 aliphatic heterocycles. The van der Waals surface area contributed by atoms with Crippen LogP contribution in [0.3, 0.4) is 0 Å². The van der Waals surface area contributed by atoms with Gasteiger partial charge in [0.15, 0.2) is 0 Å². The second kappa shape index (κ2) is 7.89. The highest BCUT2D eigenvalue weighted by atomic mass is 16.1. The van der Waals surface area contributed by atoms with Gasteiger partial charge in [-0.05, 0) is 11.1 Å². The van der Waals surface area contributed by atoms with Crippen LogP contribution in [0.25, 0.3) is 0 Å². The predicted molar refractivity (Wildman–Crippen MR) is 81.3 cm³/mol. The van der Waals surface area contributed by atoms with Gasteiger partial charge in [0.25, 0.3) is 0 Å². The molecule has 2 aromatic carbocycles. The van der Waals surface area contributed by atoms with Gasteiger partial charge >= 0.3 is 0 Å². The Bertz CT molecular complexity index is 496. The molecule has 20 heavy (non-hydrogen) atoms. The summed E-state index contributed by atoms with van der Waals surface area (Å²) in [5.41, 5.74) is 2.40. The van der Waals surface area contributed by atoms with Crippen molar-refractivity contribution in [2.75, 3.05) is 0 Å². The van der Waals surface area contributed by atoms with Crippen molar-refractivity contribution in [3.05, 3.63) is 71.8 Å². The van der Waals surface area contributed by atoms with Gasteiger partial charge < -0.3 is 4.79 Å². The van der Waals surface area contributed by atoms with Crippen LogP contribution in [0.5, 0.6) is 0 Å². The number of hydrogen-bond acceptors (Lipinski definition) is 3. The van der Waals surface area contributed by atoms with Gasteiger partial charge in [-0.25, -0.2) is 0 Å². The maximum absolute atomic E-state index is 10.4. The molecule has 0 amide bonds. The molecule has 0 spiro atoms. The summed E-state index contributed by atoms with van der Waals surface area (Å²) in [6.45, 7) is 1.45. The number of hydrogen-bond donors (Lipinski definition) is 0. The molecule has 0 atom stereocenters. The van der Waals surface area contributed by atoms with Crippen molar-refractivity contribution in [2.45, 2.75) is 19.5 Å². The van der Waals surface area contributed by atoms with Crippen molar-refractivity contribution in [2.24, 2.45) is 5.10 Å². The maximum atomic E-state index is 10.4. The third-order valence-corrected chi connectivity index (χ3v) is 2.86. The van der Waals surface area contributed by atoms with Crippen LogP contribution in [-0.4, -0.2) is 17.5 Å². The average Bonchev–Trinajstić information content (AvgIpc) is 2.49. The minimum Gasteiger partial charge on any atom is -0.303 e. The minimum atomic E-state index is 0.347. The lowest BCUT2D eigenvalue weighted by atomic mass is 10.2. The summed E-state index contributed by atoms with van der Waals surface area (Å²) in [5.74, 6) is 0. The Morgan fingerprint density at radius 3 is 1.80 bits per heavy atom. The highest BCUT2D eigenvalue weighted by Crippen LogP contribution is 2.10. The lowest BCUT2D eigenvalue weighted by Crippen LogP contribution is -2.16. The first-order valence-electron chi connectivity index (χ1n) is 6.67. The molecule has 0 aromatic heterocycles. The van der Waals surface area contributed by atoms with Crippen molar-refractivity contribution in [1.29, 1.82) is 0 Å². The van der Waals surface area contributed by atoms with Gasteiger partial charge in [-0.1, -0.05) is 60.7 Å². The Morgan fingerprint density at radius 1 is 0.850 bits per heavy atom. The third-order valence-electron chi connectivity index (χ3n) is 2.86. The molecule has 0 fully saturated rings. The molecule has 0 aliphatic rings. The molecule has 0 heterocycles. The number of hydrazone groups is 1. The zero-order chi connectivity index (χ0) is 14.0. The van der Waals surface area contributed by atoms with E-state index in [0.717, 1.165) is 19.4 Å². The molecule has 0 bridgehead atoms. The van der Waals surface area contributed by atoms with Crippen LogP contribution in [0.4, 0.5) is 0 Å². The molecule has 2 aromatic rings. The lowest BCUT2D eigenvalue weighted by molar-refractivity contribution is -0.106. The van der Waals surface area contributed by atoms with E-state index in [2.05, 4.69) is 29.4 Å². The number of carbonyl (C=O) groups excluding carboxylic acids is 1. The predicted octanol–water partition coefficient (Wildman–Crippen LogP) is 3.26. The summed E-state index contributed by atoms with van der Waals surface area (Å²) in [7, 11) is 0. The fraction of sp³-hybridized carbons (Fsp3) is 0.176. The largest absolute Gasteiger partial charge is 0.303 e. The average molecular weight is 266 g/mol. The number of rotatable bonds is 7. The topological polar surface area (TPSA) is 32.7 Å². The maximum Gasteiger partial charge on any atom is 0.125 e. The van der Waals surface area contributed by atoms with Crippen LogP contribution in [-0.2, 0) is 17.9 Å². The van der Waals surface area contributed by atoms with Gasteiger partial charge in [0.1, 0.15) is 6.29 Å². The van der Waals surface area contributed by atoms with Crippen LogP contribution >= 0.6 is 0 Å². The molecule has 0 aliphatic carbocycles. The van der Waals surface area contributed by atoms with E-state index in [1.807, 2.05) is 41.4 Å². The van der Waals surface area contributed by atoms with Crippen LogP contribution in [0.15, 0.2) is 65.8 Å². The van der Waals surface area contributed by atoms with Crippen molar-refractivity contribution < 1.29 is 4.79 Å². The minimum absolute atomic E-state index is 0.347. The smallest absolute Gasteiger partial charge is 0.125 e. The Hall–Kier alpha value is -2.42. The van der Waals surface area contributed by atoms with Crippen molar-refractivity contribution in [1.82, 2.24) is 5.01 Å². The van der Waals surface area contributed by atoms with Crippen LogP contribution in [0.2, 0.25) is 0 Å². The molecule has 102 valence electrons. The van der Waals surface area contributed by atoms with Gasteiger partial charge in [0, 0.05) is 12.6 Å². The zero-order valence-corrected chi connectivity index (χ0v) is 11.4. The van der Waals surface area contributed by atoms with Crippen LogP contribution in [0.1, 0.15) is 17.5 Å². The quantitative estimate of drug-likeness (QED) is 0.438. The molecule has 3 heteroatoms. The Balaban J connectivity index is 2.06. The second-order valence-corrected chi connectivity index (χ2v) is 4.49. The van der Waals surface area contributed by atoms with Gasteiger partial charge in [0.2, 0.25) is 0 Å². The van der Waals surface area contributed by atoms with Crippen LogP contribution in [0, 0.1) is 0 Å². The molecular weight excluding hydrogens is 248 g/mol. The molecular formula is C17H18N2O. The number of aldehydes is 1. The number of carbonyl (C=O) groups is 1. The van der Waals surface area contributed by atoms with E-state index in [0.29, 0.717) is 6.42 Å². The summed E-state index contributed by atoms with van der Waals surface area (Å²) in [5, 5.41) is 6.35. The van der Waals surface area contributed by atoms with Crippen molar-refractivity contribution >= 4 is 12.5 Å². The molecule has 2 rings (SSSR count). The first-order valence-corrected chi connectivity index (χ1v) is 6.67. The van der Waals surface area contributed by atoms with E-state index in [9.17, 15) is 4.79 Å². The SMILES string of the molecule is O=CC/C=N/N(Cc1ccccc1)Cc1ccccc1. The molecule has 0 saturated heterocycles. The fourth-order valence-electron chi connectivity index (χ4n) is 1.93. The summed E-state index contributed by atoms with van der Waals surface area (Å²) in [6.07, 6.45) is 2.85. The van der Waals surface area contributed by atoms with Crippen molar-refractivity contribution in [3.63, 3.8) is 0 Å². The molecule has 0 saturated carbocycles. The fourth-order valence-corrected chi connectivity index (χ4v) is 1.93. The Labute approximate surface area is 119 Å². The molecule has 0 unspecified atom stereocenters. The van der Waals surface area contributed by atoms with E-state index in [1.165, 1.54) is 11.1 Å². The van der Waals surface area contributed by atoms with Crippen LogP contribution < -0.4 is 0 Å². The van der Waals surface area contributed by atoms with E-state index >= 15 is 0 Å². The monoisotopic (exact) mass is 266 g/mol.